The first-order valence-corrected chi connectivity index (χ1v) is 7.30. The highest BCUT2D eigenvalue weighted by Gasteiger charge is 2.33. The molecule has 1 fully saturated rings. The molecule has 4 atom stereocenters. The summed E-state index contributed by atoms with van der Waals surface area (Å²) in [6.45, 7) is 9.65. The summed E-state index contributed by atoms with van der Waals surface area (Å²) in [6.07, 6.45) is 1.87. The molecule has 0 unspecified atom stereocenters. The van der Waals surface area contributed by atoms with E-state index in [4.69, 9.17) is 4.74 Å². The number of nitrogens with one attached hydrogen (secondary N) is 1. The van der Waals surface area contributed by atoms with E-state index >= 15 is 0 Å². The maximum Gasteiger partial charge on any atom is 0.408 e. The van der Waals surface area contributed by atoms with Crippen LogP contribution >= 0.6 is 0 Å². The highest BCUT2D eigenvalue weighted by atomic mass is 16.6. The number of ether oxygens (including phenoxy) is 1. The number of carboxylic acids is 1. The van der Waals surface area contributed by atoms with Gasteiger partial charge in [-0.05, 0) is 57.8 Å². The van der Waals surface area contributed by atoms with Crippen LogP contribution in [0.15, 0.2) is 0 Å². The van der Waals surface area contributed by atoms with Crippen LogP contribution in [0.25, 0.3) is 0 Å². The average Bonchev–Trinajstić information content (AvgIpc) is 2.54. The Kier molecular flexibility index (Phi) is 5.42. The molecule has 5 heteroatoms. The second kappa shape index (κ2) is 6.46. The van der Waals surface area contributed by atoms with Crippen LogP contribution in [0.5, 0.6) is 0 Å². The minimum Gasteiger partial charge on any atom is -0.480 e. The van der Waals surface area contributed by atoms with Crippen molar-refractivity contribution in [2.45, 2.75) is 65.5 Å². The first-order chi connectivity index (χ1) is 9.08. The van der Waals surface area contributed by atoms with Gasteiger partial charge < -0.3 is 15.2 Å². The molecule has 0 aliphatic heterocycles. The minimum absolute atomic E-state index is 0.357. The van der Waals surface area contributed by atoms with Crippen molar-refractivity contribution >= 4 is 12.1 Å². The number of hydrogen-bond acceptors (Lipinski definition) is 3. The molecule has 0 bridgehead atoms. The molecule has 1 amide bonds. The van der Waals surface area contributed by atoms with Crippen LogP contribution in [0, 0.1) is 17.8 Å². The standard InChI is InChI=1S/C15H27NO4/c1-9-6-11(7-10(9)2)8-12(13(17)18)16-14(19)20-15(3,4)5/h9-12H,6-8H2,1-5H3,(H,16,19)(H,17,18)/t9-,10+,11+,12-/m0/s1. The number of amides is 1. The van der Waals surface area contributed by atoms with Gasteiger partial charge in [-0.1, -0.05) is 13.8 Å². The molecule has 1 aliphatic carbocycles. The zero-order valence-corrected chi connectivity index (χ0v) is 13.1. The summed E-state index contributed by atoms with van der Waals surface area (Å²) < 4.78 is 5.11. The predicted octanol–water partition coefficient (Wildman–Crippen LogP) is 3.04. The van der Waals surface area contributed by atoms with Gasteiger partial charge in [-0.2, -0.15) is 0 Å². The van der Waals surface area contributed by atoms with Crippen molar-refractivity contribution in [2.75, 3.05) is 0 Å². The van der Waals surface area contributed by atoms with Crippen molar-refractivity contribution in [3.63, 3.8) is 0 Å². The van der Waals surface area contributed by atoms with Crippen LogP contribution in [0.2, 0.25) is 0 Å². The average molecular weight is 285 g/mol. The van der Waals surface area contributed by atoms with Crippen LogP contribution in [0.3, 0.4) is 0 Å². The number of carbonyl (C=O) groups excluding carboxylic acids is 1. The highest BCUT2D eigenvalue weighted by molar-refractivity contribution is 5.80. The summed E-state index contributed by atoms with van der Waals surface area (Å²) in [4.78, 5) is 23.0. The number of carbonyl (C=O) groups is 2. The molecule has 0 saturated heterocycles. The second-order valence-electron chi connectivity index (χ2n) is 7.06. The lowest BCUT2D eigenvalue weighted by Crippen LogP contribution is -2.44. The van der Waals surface area contributed by atoms with Crippen LogP contribution < -0.4 is 5.32 Å². The molecule has 2 N–H and O–H groups in total. The zero-order chi connectivity index (χ0) is 15.5. The Morgan fingerprint density at radius 1 is 1.25 bits per heavy atom. The van der Waals surface area contributed by atoms with Gasteiger partial charge in [0.05, 0.1) is 0 Å². The number of aliphatic carboxylic acids is 1. The Labute approximate surface area is 121 Å². The molecule has 0 spiro atoms. The Bertz CT molecular complexity index is 351. The van der Waals surface area contributed by atoms with Gasteiger partial charge >= 0.3 is 12.1 Å². The molecular formula is C15H27NO4. The van der Waals surface area contributed by atoms with Gasteiger partial charge in [-0.15, -0.1) is 0 Å². The fraction of sp³-hybridized carbons (Fsp3) is 0.867. The SMILES string of the molecule is C[C@@H]1C[C@H](C[C@H](NC(=O)OC(C)(C)C)C(=O)O)C[C@@H]1C. The third-order valence-corrected chi connectivity index (χ3v) is 3.94. The monoisotopic (exact) mass is 285 g/mol. The van der Waals surface area contributed by atoms with Crippen LogP contribution in [-0.2, 0) is 9.53 Å². The topological polar surface area (TPSA) is 75.6 Å². The lowest BCUT2D eigenvalue weighted by atomic mass is 9.97. The summed E-state index contributed by atoms with van der Waals surface area (Å²) in [5.74, 6) is 0.603. The van der Waals surface area contributed by atoms with Gasteiger partial charge in [-0.25, -0.2) is 9.59 Å². The molecular weight excluding hydrogens is 258 g/mol. The molecule has 116 valence electrons. The molecule has 1 rings (SSSR count). The van der Waals surface area contributed by atoms with Crippen molar-refractivity contribution in [3.05, 3.63) is 0 Å². The normalized spacial score (nSPS) is 27.9. The number of rotatable bonds is 4. The van der Waals surface area contributed by atoms with E-state index in [0.29, 0.717) is 24.2 Å². The fourth-order valence-corrected chi connectivity index (χ4v) is 2.81. The fourth-order valence-electron chi connectivity index (χ4n) is 2.81. The van der Waals surface area contributed by atoms with E-state index in [9.17, 15) is 14.7 Å². The van der Waals surface area contributed by atoms with E-state index < -0.39 is 23.7 Å². The summed E-state index contributed by atoms with van der Waals surface area (Å²) >= 11 is 0. The predicted molar refractivity (Wildman–Crippen MR) is 76.5 cm³/mol. The first-order valence-electron chi connectivity index (χ1n) is 7.30. The minimum atomic E-state index is -0.997. The number of carboxylic acid groups (broad SMARTS) is 1. The summed E-state index contributed by atoms with van der Waals surface area (Å²) in [5, 5.41) is 11.7. The molecule has 5 nitrogen and oxygen atoms in total. The first kappa shape index (κ1) is 16.8. The lowest BCUT2D eigenvalue weighted by molar-refractivity contribution is -0.140. The van der Waals surface area contributed by atoms with E-state index in [1.807, 2.05) is 0 Å². The summed E-state index contributed by atoms with van der Waals surface area (Å²) in [5.41, 5.74) is -0.622. The van der Waals surface area contributed by atoms with Crippen molar-refractivity contribution in [1.82, 2.24) is 5.32 Å². The quantitative estimate of drug-likeness (QED) is 0.832. The number of hydrogen-bond donors (Lipinski definition) is 2. The Hall–Kier alpha value is -1.26. The molecule has 0 aromatic rings. The Balaban J connectivity index is 2.53. The van der Waals surface area contributed by atoms with Crippen molar-refractivity contribution < 1.29 is 19.4 Å². The Morgan fingerprint density at radius 2 is 1.75 bits per heavy atom. The summed E-state index contributed by atoms with van der Waals surface area (Å²) in [6, 6.07) is -0.868. The van der Waals surface area contributed by atoms with E-state index in [1.54, 1.807) is 20.8 Å². The van der Waals surface area contributed by atoms with Gasteiger partial charge in [0.25, 0.3) is 0 Å². The highest BCUT2D eigenvalue weighted by Crippen LogP contribution is 2.38. The molecule has 0 heterocycles. The molecule has 20 heavy (non-hydrogen) atoms. The molecule has 1 saturated carbocycles. The van der Waals surface area contributed by atoms with E-state index in [1.165, 1.54) is 0 Å². The van der Waals surface area contributed by atoms with E-state index in [-0.39, 0.29) is 0 Å². The molecule has 0 radical (unpaired) electrons. The maximum absolute atomic E-state index is 11.7. The van der Waals surface area contributed by atoms with Gasteiger partial charge in [-0.3, -0.25) is 0 Å². The van der Waals surface area contributed by atoms with Crippen LogP contribution in [0.4, 0.5) is 4.79 Å². The van der Waals surface area contributed by atoms with E-state index in [0.717, 1.165) is 12.8 Å². The second-order valence-corrected chi connectivity index (χ2v) is 7.06. The zero-order valence-electron chi connectivity index (χ0n) is 13.1. The van der Waals surface area contributed by atoms with Crippen molar-refractivity contribution in [1.29, 1.82) is 0 Å². The smallest absolute Gasteiger partial charge is 0.408 e. The third kappa shape index (κ3) is 5.39. The molecule has 1 aliphatic rings. The molecule has 0 aromatic heterocycles. The molecule has 0 aromatic carbocycles. The number of alkyl carbamates (subject to hydrolysis) is 1. The largest absolute Gasteiger partial charge is 0.480 e. The van der Waals surface area contributed by atoms with Gasteiger partial charge in [0, 0.05) is 0 Å². The maximum atomic E-state index is 11.7. The third-order valence-electron chi connectivity index (χ3n) is 3.94. The van der Waals surface area contributed by atoms with E-state index in [2.05, 4.69) is 19.2 Å². The van der Waals surface area contributed by atoms with Crippen molar-refractivity contribution in [3.8, 4) is 0 Å². The van der Waals surface area contributed by atoms with Crippen LogP contribution in [-0.4, -0.2) is 28.8 Å². The van der Waals surface area contributed by atoms with Crippen molar-refractivity contribution in [2.24, 2.45) is 17.8 Å². The lowest BCUT2D eigenvalue weighted by Gasteiger charge is -2.23. The summed E-state index contributed by atoms with van der Waals surface area (Å²) in [7, 11) is 0. The van der Waals surface area contributed by atoms with Gasteiger partial charge in [0.2, 0.25) is 0 Å². The van der Waals surface area contributed by atoms with Gasteiger partial charge in [0.15, 0.2) is 0 Å². The Morgan fingerprint density at radius 3 is 2.15 bits per heavy atom. The van der Waals surface area contributed by atoms with Crippen LogP contribution in [0.1, 0.15) is 53.9 Å². The van der Waals surface area contributed by atoms with Gasteiger partial charge in [0.1, 0.15) is 11.6 Å².